The molecule has 0 radical (unpaired) electrons. The minimum atomic E-state index is -0.392. The summed E-state index contributed by atoms with van der Waals surface area (Å²) in [5.41, 5.74) is 11.4. The first-order valence-electron chi connectivity index (χ1n) is 13.8. The minimum absolute atomic E-state index is 0.342. The summed E-state index contributed by atoms with van der Waals surface area (Å²) >= 11 is 0. The van der Waals surface area contributed by atoms with Gasteiger partial charge in [0.15, 0.2) is 11.6 Å². The maximum absolute atomic E-state index is 12.7. The first-order valence-corrected chi connectivity index (χ1v) is 13.8. The fourth-order valence-electron chi connectivity index (χ4n) is 6.06. The maximum Gasteiger partial charge on any atom is 0.265 e. The van der Waals surface area contributed by atoms with Gasteiger partial charge in [-0.05, 0) is 44.1 Å². The number of fused-ring (bicyclic) bond motifs is 3. The third kappa shape index (κ3) is 3.79. The van der Waals surface area contributed by atoms with Gasteiger partial charge in [0.2, 0.25) is 0 Å². The Morgan fingerprint density at radius 3 is 2.53 bits per heavy atom. The second-order valence-corrected chi connectivity index (χ2v) is 11.0. The molecule has 0 bridgehead atoms. The van der Waals surface area contributed by atoms with Crippen LogP contribution in [-0.4, -0.2) is 66.0 Å². The first kappa shape index (κ1) is 23.7. The molecule has 0 unspecified atom stereocenters. The summed E-state index contributed by atoms with van der Waals surface area (Å²) < 4.78 is 11.6. The van der Waals surface area contributed by atoms with Crippen LogP contribution in [0.5, 0.6) is 0 Å². The van der Waals surface area contributed by atoms with Crippen LogP contribution in [0.25, 0.3) is 22.1 Å². The molecule has 2 aliphatic carbocycles. The number of nitrogens with zero attached hydrogens (tertiary/aromatic N) is 7. The summed E-state index contributed by atoms with van der Waals surface area (Å²) in [5.74, 6) is 2.90. The molecule has 3 fully saturated rings. The predicted molar refractivity (Wildman–Crippen MR) is 145 cm³/mol. The summed E-state index contributed by atoms with van der Waals surface area (Å²) in [6, 6.07) is 2.08. The van der Waals surface area contributed by atoms with E-state index in [9.17, 15) is 4.79 Å². The van der Waals surface area contributed by atoms with Crippen molar-refractivity contribution in [2.45, 2.75) is 57.5 Å². The second kappa shape index (κ2) is 8.81. The number of rotatable bonds is 8. The van der Waals surface area contributed by atoms with Gasteiger partial charge in [0.1, 0.15) is 22.7 Å². The molecule has 0 spiro atoms. The number of carbonyl (C=O) groups excluding carboxylic acids is 1. The van der Waals surface area contributed by atoms with E-state index in [0.717, 1.165) is 103 Å². The van der Waals surface area contributed by atoms with Gasteiger partial charge in [0.25, 0.3) is 5.91 Å². The van der Waals surface area contributed by atoms with Crippen LogP contribution in [0.3, 0.4) is 0 Å². The average Bonchev–Trinajstić information content (AvgIpc) is 3.83. The molecule has 1 aliphatic heterocycles. The number of hydrogen-bond acceptors (Lipinski definition) is 7. The van der Waals surface area contributed by atoms with E-state index in [1.54, 1.807) is 0 Å². The van der Waals surface area contributed by atoms with Crippen molar-refractivity contribution >= 4 is 39.6 Å². The summed E-state index contributed by atoms with van der Waals surface area (Å²) in [7, 11) is 4.07. The molecule has 0 aromatic carbocycles. The number of aryl methyl sites for hydroxylation is 3. The Morgan fingerprint density at radius 2 is 1.87 bits per heavy atom. The highest BCUT2D eigenvalue weighted by Gasteiger charge is 2.37. The smallest absolute Gasteiger partial charge is 0.265 e. The highest BCUT2D eigenvalue weighted by Crippen LogP contribution is 2.49. The number of primary amides is 1. The van der Waals surface area contributed by atoms with Crippen molar-refractivity contribution in [3.63, 3.8) is 0 Å². The molecular formula is C27H35N9O2. The van der Waals surface area contributed by atoms with Crippen LogP contribution in [0.2, 0.25) is 0 Å². The van der Waals surface area contributed by atoms with Gasteiger partial charge in [-0.1, -0.05) is 0 Å². The van der Waals surface area contributed by atoms with Crippen molar-refractivity contribution in [2.24, 2.45) is 19.8 Å². The lowest BCUT2D eigenvalue weighted by Crippen LogP contribution is -2.36. The molecule has 7 rings (SSSR count). The van der Waals surface area contributed by atoms with Crippen molar-refractivity contribution in [2.75, 3.05) is 31.6 Å². The van der Waals surface area contributed by atoms with Crippen LogP contribution >= 0.6 is 0 Å². The Kier molecular flexibility index (Phi) is 5.48. The van der Waals surface area contributed by atoms with Crippen molar-refractivity contribution in [3.8, 4) is 0 Å². The van der Waals surface area contributed by atoms with E-state index in [0.29, 0.717) is 29.9 Å². The molecule has 5 heterocycles. The molecule has 11 heteroatoms. The summed E-state index contributed by atoms with van der Waals surface area (Å²) in [5, 5.41) is 9.29. The molecule has 1 amide bonds. The van der Waals surface area contributed by atoms with Crippen molar-refractivity contribution in [1.82, 2.24) is 33.8 Å². The largest absolute Gasteiger partial charge is 0.379 e. The topological polar surface area (TPSA) is 121 Å². The van der Waals surface area contributed by atoms with E-state index >= 15 is 0 Å². The van der Waals surface area contributed by atoms with Crippen molar-refractivity contribution in [1.29, 1.82) is 0 Å². The zero-order chi connectivity index (χ0) is 26.1. The molecule has 0 atom stereocenters. The Morgan fingerprint density at radius 1 is 1.13 bits per heavy atom. The van der Waals surface area contributed by atoms with Gasteiger partial charge in [-0.25, -0.2) is 9.97 Å². The molecule has 3 N–H and O–H groups in total. The number of hydrogen-bond donors (Lipinski definition) is 2. The third-order valence-electron chi connectivity index (χ3n) is 8.27. The number of carbonyl (C=O) groups is 1. The summed E-state index contributed by atoms with van der Waals surface area (Å²) in [6.45, 7) is 6.84. The highest BCUT2D eigenvalue weighted by atomic mass is 16.5. The monoisotopic (exact) mass is 517 g/mol. The van der Waals surface area contributed by atoms with Crippen LogP contribution in [0.15, 0.2) is 6.07 Å². The molecule has 3 aliphatic rings. The van der Waals surface area contributed by atoms with E-state index in [2.05, 4.69) is 27.9 Å². The number of morpholine rings is 1. The van der Waals surface area contributed by atoms with Gasteiger partial charge >= 0.3 is 0 Å². The highest BCUT2D eigenvalue weighted by molar-refractivity contribution is 6.13. The predicted octanol–water partition coefficient (Wildman–Crippen LogP) is 3.11. The van der Waals surface area contributed by atoms with Crippen LogP contribution < -0.4 is 11.1 Å². The van der Waals surface area contributed by atoms with Crippen LogP contribution in [0.4, 0.5) is 11.6 Å². The second-order valence-electron chi connectivity index (χ2n) is 11.0. The number of anilines is 2. The van der Waals surface area contributed by atoms with E-state index in [4.69, 9.17) is 25.5 Å². The van der Waals surface area contributed by atoms with Gasteiger partial charge in [0, 0.05) is 57.6 Å². The molecular weight excluding hydrogens is 482 g/mol. The van der Waals surface area contributed by atoms with Crippen LogP contribution in [0.1, 0.15) is 72.0 Å². The van der Waals surface area contributed by atoms with Crippen molar-refractivity contribution in [3.05, 3.63) is 28.8 Å². The molecule has 2 saturated carbocycles. The number of ether oxygens (including phenoxy) is 1. The lowest BCUT2D eigenvalue weighted by atomic mass is 10.1. The Balaban J connectivity index is 1.38. The molecule has 200 valence electrons. The van der Waals surface area contributed by atoms with Crippen LogP contribution in [-0.2, 0) is 31.9 Å². The Bertz CT molecular complexity index is 1560. The number of aromatic nitrogens is 6. The molecule has 11 nitrogen and oxygen atoms in total. The van der Waals surface area contributed by atoms with Gasteiger partial charge in [-0.2, -0.15) is 5.10 Å². The Hall–Kier alpha value is -3.44. The number of pyridine rings is 1. The first-order chi connectivity index (χ1) is 18.4. The number of amides is 1. The maximum atomic E-state index is 12.7. The van der Waals surface area contributed by atoms with Crippen LogP contribution in [0, 0.1) is 0 Å². The van der Waals surface area contributed by atoms with E-state index in [-0.39, 0.29) is 0 Å². The SMILES string of the molecule is CCn1c(C(N)=O)c(C2CC2)c2c3c(nc(C4CC4)n3C)c(Nc3cc(CN4CCOCC4)n(C)n3)nc21. The Labute approximate surface area is 220 Å². The molecule has 38 heavy (non-hydrogen) atoms. The number of nitrogens with one attached hydrogen (secondary N) is 1. The summed E-state index contributed by atoms with van der Waals surface area (Å²) in [6.07, 6.45) is 4.44. The van der Waals surface area contributed by atoms with Gasteiger partial charge in [-0.3, -0.25) is 14.4 Å². The zero-order valence-corrected chi connectivity index (χ0v) is 22.3. The molecule has 4 aromatic heterocycles. The van der Waals surface area contributed by atoms with E-state index in [1.165, 1.54) is 0 Å². The lowest BCUT2D eigenvalue weighted by molar-refractivity contribution is 0.0331. The minimum Gasteiger partial charge on any atom is -0.379 e. The van der Waals surface area contributed by atoms with Gasteiger partial charge in [-0.15, -0.1) is 0 Å². The van der Waals surface area contributed by atoms with E-state index < -0.39 is 5.91 Å². The lowest BCUT2D eigenvalue weighted by Gasteiger charge is -2.26. The average molecular weight is 518 g/mol. The van der Waals surface area contributed by atoms with Crippen molar-refractivity contribution < 1.29 is 9.53 Å². The fraction of sp³-hybridized carbons (Fsp3) is 0.556. The quantitative estimate of drug-likeness (QED) is 0.368. The molecule has 1 saturated heterocycles. The third-order valence-corrected chi connectivity index (χ3v) is 8.27. The van der Waals surface area contributed by atoms with E-state index in [1.807, 2.05) is 23.2 Å². The standard InChI is InChI=1S/C27H35N9O2/c1-4-36-23(24(28)37)19(15-5-6-15)20-22-21(30-26(33(22)2)16-7-8-16)25(31-27(20)36)29-18-13-17(34(3)32-18)14-35-9-11-38-12-10-35/h13,15-16H,4-12,14H2,1-3H3,(H2,28,37)(H,29,31,32). The fourth-order valence-corrected chi connectivity index (χ4v) is 6.06. The number of nitrogens with two attached hydrogens (primary N) is 1. The van der Waals surface area contributed by atoms with Gasteiger partial charge < -0.3 is 24.9 Å². The normalized spacial score (nSPS) is 18.6. The zero-order valence-electron chi connectivity index (χ0n) is 22.3. The summed E-state index contributed by atoms with van der Waals surface area (Å²) in [4.78, 5) is 25.4. The molecule has 4 aromatic rings. The van der Waals surface area contributed by atoms with Gasteiger partial charge in [0.05, 0.1) is 24.4 Å². The number of imidazole rings is 1.